The Labute approximate surface area is 179 Å². The van der Waals surface area contributed by atoms with Crippen molar-refractivity contribution in [3.8, 4) is 16.9 Å². The summed E-state index contributed by atoms with van der Waals surface area (Å²) in [5, 5.41) is 0. The number of H-pyrrole nitrogens is 1. The summed E-state index contributed by atoms with van der Waals surface area (Å²) in [7, 11) is 0. The van der Waals surface area contributed by atoms with E-state index in [-0.39, 0.29) is 13.2 Å². The number of aromatic nitrogens is 2. The largest absolute Gasteiger partial charge is 0.489 e. The molecule has 0 radical (unpaired) electrons. The van der Waals surface area contributed by atoms with Gasteiger partial charge in [0.2, 0.25) is 0 Å². The lowest BCUT2D eigenvalue weighted by atomic mass is 10.0. The molecule has 0 bridgehead atoms. The van der Waals surface area contributed by atoms with E-state index in [9.17, 15) is 22.8 Å². The standard InChI is InChI=1S/C23H17F3N2O4/c24-23(25,26)19-8-4-15(5-9-19)14-31-20-10-6-17(7-11-20)18-3-1-2-16(12-18)13-28-21(29)27-22(30)32-28/h1-12H,13-14H2,(H,27,29,30). The molecule has 4 aromatic rings. The minimum absolute atomic E-state index is 0.111. The average molecular weight is 442 g/mol. The Kier molecular flexibility index (Phi) is 5.72. The molecular weight excluding hydrogens is 425 g/mol. The fourth-order valence-electron chi connectivity index (χ4n) is 3.13. The number of nitrogens with zero attached hydrogens (tertiary/aromatic N) is 1. The van der Waals surface area contributed by atoms with Gasteiger partial charge in [0.05, 0.1) is 12.1 Å². The van der Waals surface area contributed by atoms with Crippen LogP contribution >= 0.6 is 0 Å². The number of alkyl halides is 3. The normalized spacial score (nSPS) is 11.5. The lowest BCUT2D eigenvalue weighted by Gasteiger charge is -2.10. The van der Waals surface area contributed by atoms with Gasteiger partial charge in [-0.3, -0.25) is 0 Å². The van der Waals surface area contributed by atoms with E-state index in [1.807, 2.05) is 41.4 Å². The average Bonchev–Trinajstić information content (AvgIpc) is 3.09. The van der Waals surface area contributed by atoms with Gasteiger partial charge in [-0.25, -0.2) is 14.6 Å². The topological polar surface area (TPSA) is 77.2 Å². The van der Waals surface area contributed by atoms with Crippen molar-refractivity contribution in [1.82, 2.24) is 9.72 Å². The molecule has 0 aliphatic rings. The third kappa shape index (κ3) is 5.00. The van der Waals surface area contributed by atoms with E-state index in [1.165, 1.54) is 12.1 Å². The van der Waals surface area contributed by atoms with Gasteiger partial charge >= 0.3 is 17.6 Å². The molecule has 9 heteroatoms. The summed E-state index contributed by atoms with van der Waals surface area (Å²) in [6.45, 7) is 0.253. The van der Waals surface area contributed by atoms with E-state index in [0.717, 1.165) is 33.6 Å². The van der Waals surface area contributed by atoms with Gasteiger partial charge in [-0.15, -0.1) is 4.74 Å². The number of benzene rings is 3. The van der Waals surface area contributed by atoms with Gasteiger partial charge < -0.3 is 9.26 Å². The summed E-state index contributed by atoms with van der Waals surface area (Å²) in [6, 6.07) is 19.5. The molecular formula is C23H17F3N2O4. The number of halogens is 3. The molecule has 0 amide bonds. The Morgan fingerprint density at radius 1 is 0.875 bits per heavy atom. The van der Waals surface area contributed by atoms with E-state index in [4.69, 9.17) is 9.26 Å². The number of aromatic amines is 1. The van der Waals surface area contributed by atoms with Crippen molar-refractivity contribution < 1.29 is 22.4 Å². The minimum Gasteiger partial charge on any atom is -0.489 e. The zero-order valence-corrected chi connectivity index (χ0v) is 16.6. The van der Waals surface area contributed by atoms with Gasteiger partial charge in [0.1, 0.15) is 12.4 Å². The third-order valence-corrected chi connectivity index (χ3v) is 4.76. The molecule has 0 aliphatic carbocycles. The summed E-state index contributed by atoms with van der Waals surface area (Å²) >= 11 is 0. The highest BCUT2D eigenvalue weighted by Gasteiger charge is 2.29. The van der Waals surface area contributed by atoms with Crippen molar-refractivity contribution in [3.05, 3.63) is 111 Å². The summed E-state index contributed by atoms with van der Waals surface area (Å²) in [5.74, 6) is -0.233. The van der Waals surface area contributed by atoms with Crippen LogP contribution in [0.2, 0.25) is 0 Å². The number of hydrogen-bond acceptors (Lipinski definition) is 4. The van der Waals surface area contributed by atoms with Crippen LogP contribution in [0.5, 0.6) is 5.75 Å². The van der Waals surface area contributed by atoms with Crippen molar-refractivity contribution in [3.63, 3.8) is 0 Å². The first kappa shape index (κ1) is 21.2. The maximum absolute atomic E-state index is 12.6. The smallest absolute Gasteiger partial charge is 0.440 e. The molecule has 4 rings (SSSR count). The fraction of sp³-hybridized carbons (Fsp3) is 0.130. The monoisotopic (exact) mass is 442 g/mol. The van der Waals surface area contributed by atoms with Crippen LogP contribution < -0.4 is 16.2 Å². The van der Waals surface area contributed by atoms with Crippen molar-refractivity contribution >= 4 is 0 Å². The van der Waals surface area contributed by atoms with Gasteiger partial charge in [0, 0.05) is 0 Å². The zero-order valence-electron chi connectivity index (χ0n) is 16.6. The Balaban J connectivity index is 1.42. The molecule has 164 valence electrons. The molecule has 0 aliphatic heterocycles. The predicted molar refractivity (Wildman–Crippen MR) is 110 cm³/mol. The van der Waals surface area contributed by atoms with Crippen molar-refractivity contribution in [1.29, 1.82) is 0 Å². The predicted octanol–water partition coefficient (Wildman–Crippen LogP) is 4.44. The fourth-order valence-corrected chi connectivity index (χ4v) is 3.13. The van der Waals surface area contributed by atoms with Gasteiger partial charge in [-0.2, -0.15) is 13.2 Å². The summed E-state index contributed by atoms with van der Waals surface area (Å²) in [4.78, 5) is 24.8. The van der Waals surface area contributed by atoms with Gasteiger partial charge in [0.25, 0.3) is 0 Å². The lowest BCUT2D eigenvalue weighted by molar-refractivity contribution is -0.137. The molecule has 0 saturated heterocycles. The van der Waals surface area contributed by atoms with E-state index < -0.39 is 23.2 Å². The highest BCUT2D eigenvalue weighted by Crippen LogP contribution is 2.29. The highest BCUT2D eigenvalue weighted by atomic mass is 19.4. The Morgan fingerprint density at radius 3 is 2.22 bits per heavy atom. The quantitative estimate of drug-likeness (QED) is 0.479. The van der Waals surface area contributed by atoms with Crippen LogP contribution in [-0.4, -0.2) is 9.72 Å². The van der Waals surface area contributed by atoms with Crippen LogP contribution in [0, 0.1) is 0 Å². The molecule has 0 spiro atoms. The maximum atomic E-state index is 12.6. The molecule has 1 aromatic heterocycles. The van der Waals surface area contributed by atoms with Crippen molar-refractivity contribution in [2.24, 2.45) is 0 Å². The van der Waals surface area contributed by atoms with Crippen LogP contribution in [0.3, 0.4) is 0 Å². The molecule has 0 atom stereocenters. The van der Waals surface area contributed by atoms with Crippen LogP contribution in [0.1, 0.15) is 16.7 Å². The van der Waals surface area contributed by atoms with E-state index in [2.05, 4.69) is 0 Å². The van der Waals surface area contributed by atoms with Crippen molar-refractivity contribution in [2.45, 2.75) is 19.3 Å². The first-order valence-electron chi connectivity index (χ1n) is 9.57. The summed E-state index contributed by atoms with van der Waals surface area (Å²) < 4.78 is 49.3. The van der Waals surface area contributed by atoms with Gasteiger partial charge in [-0.1, -0.05) is 42.5 Å². The second-order valence-electron chi connectivity index (χ2n) is 7.05. The minimum atomic E-state index is -4.36. The summed E-state index contributed by atoms with van der Waals surface area (Å²) in [5.41, 5.74) is 1.88. The second-order valence-corrected chi connectivity index (χ2v) is 7.05. The Hall–Kier alpha value is -4.01. The molecule has 0 unspecified atom stereocenters. The molecule has 0 saturated carbocycles. The van der Waals surface area contributed by atoms with Gasteiger partial charge in [0.15, 0.2) is 0 Å². The third-order valence-electron chi connectivity index (χ3n) is 4.76. The van der Waals surface area contributed by atoms with E-state index in [1.54, 1.807) is 12.1 Å². The maximum Gasteiger partial charge on any atom is 0.440 e. The molecule has 1 heterocycles. The van der Waals surface area contributed by atoms with Crippen LogP contribution in [0.25, 0.3) is 11.1 Å². The first-order valence-corrected chi connectivity index (χ1v) is 9.57. The Morgan fingerprint density at radius 2 is 1.59 bits per heavy atom. The molecule has 3 aromatic carbocycles. The number of rotatable bonds is 6. The van der Waals surface area contributed by atoms with E-state index in [0.29, 0.717) is 11.3 Å². The van der Waals surface area contributed by atoms with Gasteiger partial charge in [-0.05, 0) is 52.6 Å². The number of nitrogens with one attached hydrogen (secondary N) is 1. The van der Waals surface area contributed by atoms with Crippen LogP contribution in [-0.2, 0) is 19.3 Å². The number of ether oxygens (including phenoxy) is 1. The SMILES string of the molecule is O=c1[nH]c(=O)n(Cc2cccc(-c3ccc(OCc4ccc(C(F)(F)F)cc4)cc3)c2)o1. The highest BCUT2D eigenvalue weighted by molar-refractivity contribution is 5.64. The molecule has 1 N–H and O–H groups in total. The molecule has 32 heavy (non-hydrogen) atoms. The zero-order chi connectivity index (χ0) is 22.7. The second kappa shape index (κ2) is 8.62. The number of hydrogen-bond donors (Lipinski definition) is 1. The molecule has 6 nitrogen and oxygen atoms in total. The Bertz CT molecular complexity index is 1320. The first-order chi connectivity index (χ1) is 15.3. The lowest BCUT2D eigenvalue weighted by Crippen LogP contribution is -2.17. The summed E-state index contributed by atoms with van der Waals surface area (Å²) in [6.07, 6.45) is -4.36. The van der Waals surface area contributed by atoms with E-state index >= 15 is 0 Å². The van der Waals surface area contributed by atoms with Crippen LogP contribution in [0.15, 0.2) is 86.9 Å². The van der Waals surface area contributed by atoms with Crippen LogP contribution in [0.4, 0.5) is 13.2 Å². The van der Waals surface area contributed by atoms with Crippen molar-refractivity contribution in [2.75, 3.05) is 0 Å². The molecule has 0 fully saturated rings.